The van der Waals surface area contributed by atoms with Crippen molar-refractivity contribution in [1.82, 2.24) is 15.2 Å². The van der Waals surface area contributed by atoms with Gasteiger partial charge >= 0.3 is 5.97 Å². The lowest BCUT2D eigenvalue weighted by Gasteiger charge is -2.42. The second-order valence-corrected chi connectivity index (χ2v) is 7.85. The van der Waals surface area contributed by atoms with Crippen LogP contribution in [0.3, 0.4) is 0 Å². The van der Waals surface area contributed by atoms with E-state index >= 15 is 0 Å². The van der Waals surface area contributed by atoms with E-state index in [2.05, 4.69) is 10.3 Å². The van der Waals surface area contributed by atoms with Gasteiger partial charge in [-0.05, 0) is 31.5 Å². The second-order valence-electron chi connectivity index (χ2n) is 6.14. The summed E-state index contributed by atoms with van der Waals surface area (Å²) < 4.78 is 0.683. The van der Waals surface area contributed by atoms with Crippen molar-refractivity contribution in [2.75, 3.05) is 13.1 Å². The standard InChI is InChI=1S/C17H20ClN3O3S/c1-2-21(9-16(22)23)11-5-10(6-11)20-17(24)13-8-19-7-12(13)14-3-4-15(18)25-14/h3-4,7-8,10-11,19H,2,5-6,9H2,1H3,(H,20,24)(H,22,23). The van der Waals surface area contributed by atoms with Crippen molar-refractivity contribution < 1.29 is 14.7 Å². The number of aliphatic carboxylic acids is 1. The molecule has 25 heavy (non-hydrogen) atoms. The van der Waals surface area contributed by atoms with E-state index in [0.717, 1.165) is 23.3 Å². The molecule has 0 unspecified atom stereocenters. The summed E-state index contributed by atoms with van der Waals surface area (Å²) in [6.07, 6.45) is 5.04. The maximum absolute atomic E-state index is 12.6. The Bertz CT molecular complexity index is 767. The molecule has 1 aliphatic carbocycles. The van der Waals surface area contributed by atoms with Gasteiger partial charge in [0.15, 0.2) is 0 Å². The van der Waals surface area contributed by atoms with Crippen LogP contribution in [0.2, 0.25) is 4.34 Å². The average molecular weight is 382 g/mol. The average Bonchev–Trinajstić information content (AvgIpc) is 3.16. The van der Waals surface area contributed by atoms with E-state index in [9.17, 15) is 9.59 Å². The lowest BCUT2D eigenvalue weighted by atomic mass is 9.85. The van der Waals surface area contributed by atoms with Crippen LogP contribution >= 0.6 is 22.9 Å². The third-order valence-electron chi connectivity index (χ3n) is 4.54. The van der Waals surface area contributed by atoms with Crippen LogP contribution in [-0.2, 0) is 4.79 Å². The Morgan fingerprint density at radius 3 is 2.76 bits per heavy atom. The van der Waals surface area contributed by atoms with Gasteiger partial charge in [-0.3, -0.25) is 14.5 Å². The van der Waals surface area contributed by atoms with E-state index in [-0.39, 0.29) is 24.5 Å². The number of H-pyrrole nitrogens is 1. The molecule has 0 radical (unpaired) electrons. The van der Waals surface area contributed by atoms with Crippen molar-refractivity contribution in [2.45, 2.75) is 31.8 Å². The Labute approximate surface area is 154 Å². The number of nitrogens with zero attached hydrogens (tertiary/aromatic N) is 1. The number of amides is 1. The molecule has 0 bridgehead atoms. The first kappa shape index (κ1) is 18.0. The summed E-state index contributed by atoms with van der Waals surface area (Å²) in [6, 6.07) is 4.01. The van der Waals surface area contributed by atoms with E-state index in [1.165, 1.54) is 11.3 Å². The fraction of sp³-hybridized carbons (Fsp3) is 0.412. The van der Waals surface area contributed by atoms with Crippen molar-refractivity contribution >= 4 is 34.8 Å². The summed E-state index contributed by atoms with van der Waals surface area (Å²) >= 11 is 7.41. The van der Waals surface area contributed by atoms with E-state index in [1.54, 1.807) is 12.4 Å². The number of halogens is 1. The minimum absolute atomic E-state index is 0.0446. The number of aromatic amines is 1. The zero-order valence-corrected chi connectivity index (χ0v) is 15.4. The van der Waals surface area contributed by atoms with Gasteiger partial charge in [0, 0.05) is 34.9 Å². The zero-order valence-electron chi connectivity index (χ0n) is 13.8. The number of nitrogens with one attached hydrogen (secondary N) is 2. The first-order valence-corrected chi connectivity index (χ1v) is 9.36. The van der Waals surface area contributed by atoms with Crippen LogP contribution in [-0.4, -0.2) is 52.0 Å². The monoisotopic (exact) mass is 381 g/mol. The minimum atomic E-state index is -0.819. The maximum atomic E-state index is 12.6. The molecule has 6 nitrogen and oxygen atoms in total. The number of hydrogen-bond donors (Lipinski definition) is 3. The maximum Gasteiger partial charge on any atom is 0.317 e. The van der Waals surface area contributed by atoms with E-state index in [4.69, 9.17) is 16.7 Å². The van der Waals surface area contributed by atoms with Gasteiger partial charge in [0.25, 0.3) is 5.91 Å². The summed E-state index contributed by atoms with van der Waals surface area (Å²) in [5.74, 6) is -0.939. The van der Waals surface area contributed by atoms with Crippen molar-refractivity contribution in [3.8, 4) is 10.4 Å². The van der Waals surface area contributed by atoms with Gasteiger partial charge in [-0.25, -0.2) is 0 Å². The molecule has 8 heteroatoms. The van der Waals surface area contributed by atoms with Crippen molar-refractivity contribution in [3.63, 3.8) is 0 Å². The molecule has 0 atom stereocenters. The summed E-state index contributed by atoms with van der Waals surface area (Å²) in [5.41, 5.74) is 1.44. The predicted octanol–water partition coefficient (Wildman–Crippen LogP) is 3.06. The molecule has 2 aromatic heterocycles. The highest BCUT2D eigenvalue weighted by molar-refractivity contribution is 7.19. The van der Waals surface area contributed by atoms with E-state index < -0.39 is 5.97 Å². The topological polar surface area (TPSA) is 85.4 Å². The zero-order chi connectivity index (χ0) is 18.0. The molecule has 1 aliphatic rings. The molecule has 3 rings (SSSR count). The number of carboxylic acid groups (broad SMARTS) is 1. The molecule has 134 valence electrons. The molecular formula is C17H20ClN3O3S. The quantitative estimate of drug-likeness (QED) is 0.688. The molecule has 0 spiro atoms. The molecule has 0 aliphatic heterocycles. The number of carboxylic acids is 1. The first-order valence-electron chi connectivity index (χ1n) is 8.17. The van der Waals surface area contributed by atoms with Crippen molar-refractivity contribution in [1.29, 1.82) is 0 Å². The third-order valence-corrected chi connectivity index (χ3v) is 5.80. The molecule has 1 amide bonds. The molecule has 1 saturated carbocycles. The Balaban J connectivity index is 1.58. The van der Waals surface area contributed by atoms with E-state index in [1.807, 2.05) is 24.0 Å². The van der Waals surface area contributed by atoms with Crippen LogP contribution < -0.4 is 5.32 Å². The number of thiophene rings is 1. The molecular weight excluding hydrogens is 362 g/mol. The Morgan fingerprint density at radius 2 is 2.16 bits per heavy atom. The SMILES string of the molecule is CCN(CC(=O)O)C1CC(NC(=O)c2c[nH]cc2-c2ccc(Cl)s2)C1. The molecule has 0 aromatic carbocycles. The second kappa shape index (κ2) is 7.59. The fourth-order valence-corrected chi connectivity index (χ4v) is 4.23. The molecule has 1 fully saturated rings. The van der Waals surface area contributed by atoms with Gasteiger partial charge in [0.2, 0.25) is 0 Å². The lowest BCUT2D eigenvalue weighted by molar-refractivity contribution is -0.139. The van der Waals surface area contributed by atoms with E-state index in [0.29, 0.717) is 16.4 Å². The summed E-state index contributed by atoms with van der Waals surface area (Å²) in [7, 11) is 0. The molecule has 3 N–H and O–H groups in total. The van der Waals surface area contributed by atoms with Crippen LogP contribution in [0.25, 0.3) is 10.4 Å². The van der Waals surface area contributed by atoms with Crippen molar-refractivity contribution in [3.05, 3.63) is 34.4 Å². The van der Waals surface area contributed by atoms with Crippen LogP contribution in [0.4, 0.5) is 0 Å². The lowest BCUT2D eigenvalue weighted by Crippen LogP contribution is -2.54. The highest BCUT2D eigenvalue weighted by Crippen LogP contribution is 2.33. The molecule has 0 saturated heterocycles. The van der Waals surface area contributed by atoms with Crippen LogP contribution in [0.5, 0.6) is 0 Å². The minimum Gasteiger partial charge on any atom is -0.480 e. The van der Waals surface area contributed by atoms with Gasteiger partial charge in [-0.2, -0.15) is 0 Å². The number of rotatable bonds is 7. The molecule has 2 heterocycles. The number of carbonyl (C=O) groups excluding carboxylic acids is 1. The predicted molar refractivity (Wildman–Crippen MR) is 98.3 cm³/mol. The highest BCUT2D eigenvalue weighted by atomic mass is 35.5. The van der Waals surface area contributed by atoms with Gasteiger partial charge in [0.1, 0.15) is 0 Å². The Kier molecular flexibility index (Phi) is 5.46. The van der Waals surface area contributed by atoms with Gasteiger partial charge in [-0.15, -0.1) is 11.3 Å². The van der Waals surface area contributed by atoms with Crippen molar-refractivity contribution in [2.24, 2.45) is 0 Å². The van der Waals surface area contributed by atoms with Gasteiger partial charge in [-0.1, -0.05) is 18.5 Å². The summed E-state index contributed by atoms with van der Waals surface area (Å²) in [5, 5.41) is 12.0. The Hall–Kier alpha value is -1.83. The number of likely N-dealkylation sites (N-methyl/N-ethyl adjacent to an activating group) is 1. The van der Waals surface area contributed by atoms with Crippen LogP contribution in [0.1, 0.15) is 30.1 Å². The highest BCUT2D eigenvalue weighted by Gasteiger charge is 2.35. The first-order chi connectivity index (χ1) is 12.0. The summed E-state index contributed by atoms with van der Waals surface area (Å²) in [6.45, 7) is 2.69. The number of aromatic nitrogens is 1. The third kappa shape index (κ3) is 4.05. The largest absolute Gasteiger partial charge is 0.480 e. The number of carbonyl (C=O) groups is 2. The molecule has 2 aromatic rings. The van der Waals surface area contributed by atoms with Crippen LogP contribution in [0, 0.1) is 0 Å². The van der Waals surface area contributed by atoms with Gasteiger partial charge < -0.3 is 15.4 Å². The smallest absolute Gasteiger partial charge is 0.317 e. The van der Waals surface area contributed by atoms with Crippen LogP contribution in [0.15, 0.2) is 24.5 Å². The van der Waals surface area contributed by atoms with Gasteiger partial charge in [0.05, 0.1) is 16.4 Å². The summed E-state index contributed by atoms with van der Waals surface area (Å²) in [4.78, 5) is 29.3. The Morgan fingerprint density at radius 1 is 1.40 bits per heavy atom. The fourth-order valence-electron chi connectivity index (χ4n) is 3.15. The normalized spacial score (nSPS) is 19.6. The number of hydrogen-bond acceptors (Lipinski definition) is 4.